The van der Waals surface area contributed by atoms with Gasteiger partial charge in [-0.3, -0.25) is 0 Å². The highest BCUT2D eigenvalue weighted by atomic mass is 16.5. The number of H-pyrrole nitrogens is 1. The van der Waals surface area contributed by atoms with E-state index in [4.69, 9.17) is 10.5 Å². The number of anilines is 1. The fourth-order valence-corrected chi connectivity index (χ4v) is 4.26. The lowest BCUT2D eigenvalue weighted by Crippen LogP contribution is -2.43. The van der Waals surface area contributed by atoms with Crippen molar-refractivity contribution < 1.29 is 14.6 Å². The monoisotopic (exact) mass is 417 g/mol. The number of esters is 1. The number of ether oxygens (including phenoxy) is 1. The number of benzene rings is 1. The second-order valence-electron chi connectivity index (χ2n) is 8.59. The van der Waals surface area contributed by atoms with E-state index in [2.05, 4.69) is 24.0 Å². The van der Waals surface area contributed by atoms with Gasteiger partial charge < -0.3 is 25.5 Å². The van der Waals surface area contributed by atoms with Crippen LogP contribution in [0, 0.1) is 5.92 Å². The largest absolute Gasteiger partial charge is 0.467 e. The standard InChI is InChI=1S/C24H39N3O3/c1-6-7-8-9-10-17-11-12-20(27(4)23(16(2)3)24(29)30-5)21-18(13-19(25)15-28)14-26-22(17)21/h11-12,14,16,19,23,26,28H,6-10,13,15,25H2,1-5H3/t19?,23-/m0/s1. The van der Waals surface area contributed by atoms with Gasteiger partial charge in [-0.1, -0.05) is 46.1 Å². The van der Waals surface area contributed by atoms with Crippen LogP contribution in [-0.4, -0.2) is 48.9 Å². The van der Waals surface area contributed by atoms with Gasteiger partial charge in [0.25, 0.3) is 0 Å². The van der Waals surface area contributed by atoms with Crippen LogP contribution in [0.15, 0.2) is 18.3 Å². The highest BCUT2D eigenvalue weighted by molar-refractivity contribution is 5.98. The van der Waals surface area contributed by atoms with Crippen molar-refractivity contribution in [3.05, 3.63) is 29.5 Å². The number of likely N-dealkylation sites (N-methyl/N-ethyl adjacent to an activating group) is 1. The molecule has 2 rings (SSSR count). The van der Waals surface area contributed by atoms with Crippen LogP contribution in [0.3, 0.4) is 0 Å². The van der Waals surface area contributed by atoms with Crippen molar-refractivity contribution in [1.82, 2.24) is 4.98 Å². The minimum absolute atomic E-state index is 0.0642. The first-order valence-electron chi connectivity index (χ1n) is 11.1. The maximum absolute atomic E-state index is 12.5. The summed E-state index contributed by atoms with van der Waals surface area (Å²) in [4.78, 5) is 18.0. The molecular formula is C24H39N3O3. The summed E-state index contributed by atoms with van der Waals surface area (Å²) < 4.78 is 5.08. The molecule has 2 atom stereocenters. The molecule has 0 saturated heterocycles. The second kappa shape index (κ2) is 11.4. The van der Waals surface area contributed by atoms with Gasteiger partial charge >= 0.3 is 5.97 Å². The number of aromatic nitrogens is 1. The molecule has 1 unspecified atom stereocenters. The van der Waals surface area contributed by atoms with E-state index in [1.807, 2.05) is 32.0 Å². The molecule has 0 fully saturated rings. The van der Waals surface area contributed by atoms with E-state index < -0.39 is 0 Å². The van der Waals surface area contributed by atoms with Gasteiger partial charge in [0, 0.05) is 30.4 Å². The maximum Gasteiger partial charge on any atom is 0.328 e. The summed E-state index contributed by atoms with van der Waals surface area (Å²) in [5, 5.41) is 10.6. The van der Waals surface area contributed by atoms with Crippen LogP contribution in [0.2, 0.25) is 0 Å². The van der Waals surface area contributed by atoms with Gasteiger partial charge in [0.2, 0.25) is 0 Å². The number of nitrogens with zero attached hydrogens (tertiary/aromatic N) is 1. The summed E-state index contributed by atoms with van der Waals surface area (Å²) in [7, 11) is 3.38. The molecule has 1 aromatic heterocycles. The summed E-state index contributed by atoms with van der Waals surface area (Å²) in [6.45, 7) is 6.20. The van der Waals surface area contributed by atoms with Gasteiger partial charge in [-0.25, -0.2) is 4.79 Å². The Balaban J connectivity index is 2.51. The maximum atomic E-state index is 12.5. The number of rotatable bonds is 12. The van der Waals surface area contributed by atoms with E-state index in [1.54, 1.807) is 0 Å². The Kier molecular flexibility index (Phi) is 9.18. The molecule has 2 aromatic rings. The number of carbonyl (C=O) groups is 1. The Morgan fingerprint density at radius 1 is 1.23 bits per heavy atom. The van der Waals surface area contributed by atoms with Gasteiger partial charge in [-0.2, -0.15) is 0 Å². The molecule has 168 valence electrons. The molecule has 0 amide bonds. The van der Waals surface area contributed by atoms with Crippen LogP contribution in [0.1, 0.15) is 57.6 Å². The average Bonchev–Trinajstić information content (AvgIpc) is 3.14. The summed E-state index contributed by atoms with van der Waals surface area (Å²) in [5.41, 5.74) is 10.5. The fraction of sp³-hybridized carbons (Fsp3) is 0.625. The Hall–Kier alpha value is -2.05. The second-order valence-corrected chi connectivity index (χ2v) is 8.59. The number of carbonyl (C=O) groups excluding carboxylic acids is 1. The summed E-state index contributed by atoms with van der Waals surface area (Å²) >= 11 is 0. The van der Waals surface area contributed by atoms with Crippen molar-refractivity contribution in [2.75, 3.05) is 25.7 Å². The quantitative estimate of drug-likeness (QED) is 0.361. The topological polar surface area (TPSA) is 91.6 Å². The minimum Gasteiger partial charge on any atom is -0.467 e. The lowest BCUT2D eigenvalue weighted by Gasteiger charge is -2.32. The third-order valence-corrected chi connectivity index (χ3v) is 5.87. The normalized spacial score (nSPS) is 13.6. The SMILES string of the molecule is CCCCCCc1ccc(N(C)[C@H](C(=O)OC)C(C)C)c2c(CC(N)CO)c[nH]c12. The number of fused-ring (bicyclic) bond motifs is 1. The van der Waals surface area contributed by atoms with Crippen LogP contribution in [0.5, 0.6) is 0 Å². The predicted octanol–water partition coefficient (Wildman–Crippen LogP) is 3.79. The van der Waals surface area contributed by atoms with E-state index in [0.29, 0.717) is 6.42 Å². The first-order chi connectivity index (χ1) is 14.3. The molecule has 4 N–H and O–H groups in total. The number of hydrogen-bond donors (Lipinski definition) is 3. The number of nitrogens with one attached hydrogen (secondary N) is 1. The number of aliphatic hydroxyl groups excluding tert-OH is 1. The van der Waals surface area contributed by atoms with Crippen LogP contribution in [0.25, 0.3) is 10.9 Å². The molecule has 1 heterocycles. The molecule has 0 bridgehead atoms. The number of methoxy groups -OCH3 is 1. The van der Waals surface area contributed by atoms with E-state index in [1.165, 1.54) is 31.9 Å². The van der Waals surface area contributed by atoms with Crippen LogP contribution >= 0.6 is 0 Å². The molecule has 1 aromatic carbocycles. The molecule has 0 saturated carbocycles. The highest BCUT2D eigenvalue weighted by Crippen LogP contribution is 2.35. The fourth-order valence-electron chi connectivity index (χ4n) is 4.26. The van der Waals surface area contributed by atoms with Crippen LogP contribution < -0.4 is 10.6 Å². The molecule has 0 aliphatic heterocycles. The van der Waals surface area contributed by atoms with Crippen LogP contribution in [-0.2, 0) is 22.4 Å². The van der Waals surface area contributed by atoms with Gasteiger partial charge in [-0.05, 0) is 42.4 Å². The zero-order valence-electron chi connectivity index (χ0n) is 19.2. The summed E-state index contributed by atoms with van der Waals surface area (Å²) in [5.74, 6) is -0.151. The van der Waals surface area contributed by atoms with Crippen molar-refractivity contribution in [3.63, 3.8) is 0 Å². The number of hydrogen-bond acceptors (Lipinski definition) is 5. The number of nitrogens with two attached hydrogens (primary N) is 1. The van der Waals surface area contributed by atoms with Crippen molar-refractivity contribution in [2.24, 2.45) is 11.7 Å². The molecule has 0 aliphatic rings. The van der Waals surface area contributed by atoms with Crippen molar-refractivity contribution in [3.8, 4) is 0 Å². The van der Waals surface area contributed by atoms with Crippen molar-refractivity contribution >= 4 is 22.6 Å². The average molecular weight is 418 g/mol. The molecule has 0 aliphatic carbocycles. The van der Waals surface area contributed by atoms with Gasteiger partial charge in [-0.15, -0.1) is 0 Å². The van der Waals surface area contributed by atoms with Gasteiger partial charge in [0.1, 0.15) is 6.04 Å². The van der Waals surface area contributed by atoms with Crippen molar-refractivity contribution in [2.45, 2.75) is 71.4 Å². The lowest BCUT2D eigenvalue weighted by molar-refractivity contribution is -0.143. The minimum atomic E-state index is -0.386. The predicted molar refractivity (Wildman–Crippen MR) is 124 cm³/mol. The third kappa shape index (κ3) is 5.55. The van der Waals surface area contributed by atoms with E-state index in [-0.39, 0.29) is 30.6 Å². The Morgan fingerprint density at radius 2 is 1.97 bits per heavy atom. The molecule has 30 heavy (non-hydrogen) atoms. The zero-order chi connectivity index (χ0) is 22.3. The summed E-state index contributed by atoms with van der Waals surface area (Å²) in [6.07, 6.45) is 8.42. The van der Waals surface area contributed by atoms with Crippen LogP contribution in [0.4, 0.5) is 5.69 Å². The Morgan fingerprint density at radius 3 is 2.57 bits per heavy atom. The lowest BCUT2D eigenvalue weighted by atomic mass is 9.96. The molecule has 0 spiro atoms. The third-order valence-electron chi connectivity index (χ3n) is 5.87. The Bertz CT molecular complexity index is 815. The number of aromatic amines is 1. The first-order valence-corrected chi connectivity index (χ1v) is 11.1. The van der Waals surface area contributed by atoms with Gasteiger partial charge in [0.15, 0.2) is 0 Å². The van der Waals surface area contributed by atoms with E-state index in [0.717, 1.165) is 35.0 Å². The number of aliphatic hydroxyl groups is 1. The summed E-state index contributed by atoms with van der Waals surface area (Å²) in [6, 6.07) is 3.57. The molecular weight excluding hydrogens is 378 g/mol. The molecule has 6 heteroatoms. The Labute approximate surface area is 180 Å². The molecule has 0 radical (unpaired) electrons. The van der Waals surface area contributed by atoms with E-state index in [9.17, 15) is 9.90 Å². The highest BCUT2D eigenvalue weighted by Gasteiger charge is 2.29. The van der Waals surface area contributed by atoms with Gasteiger partial charge in [0.05, 0.1) is 19.2 Å². The molecule has 6 nitrogen and oxygen atoms in total. The van der Waals surface area contributed by atoms with E-state index >= 15 is 0 Å². The first kappa shape index (κ1) is 24.2. The number of aryl methyl sites for hydroxylation is 1. The smallest absolute Gasteiger partial charge is 0.328 e. The zero-order valence-corrected chi connectivity index (χ0v) is 19.2. The van der Waals surface area contributed by atoms with Crippen molar-refractivity contribution in [1.29, 1.82) is 0 Å². The number of unbranched alkanes of at least 4 members (excludes halogenated alkanes) is 3.